The smallest absolute Gasteiger partial charge is 0.276 e. The lowest BCUT2D eigenvalue weighted by Gasteiger charge is -2.32. The largest absolute Gasteiger partial charge is 0.336 e. The van der Waals surface area contributed by atoms with E-state index in [-0.39, 0.29) is 11.7 Å². The molecule has 2 saturated heterocycles. The Kier molecular flexibility index (Phi) is 4.69. The summed E-state index contributed by atoms with van der Waals surface area (Å²) in [7, 11) is 0. The van der Waals surface area contributed by atoms with Crippen LogP contribution < -0.4 is 5.32 Å². The molecule has 1 aromatic carbocycles. The molecule has 2 fully saturated rings. The molecule has 26 heavy (non-hydrogen) atoms. The zero-order valence-electron chi connectivity index (χ0n) is 14.9. The summed E-state index contributed by atoms with van der Waals surface area (Å²) in [4.78, 5) is 17.1. The zero-order chi connectivity index (χ0) is 18.1. The van der Waals surface area contributed by atoms with Crippen LogP contribution in [0.1, 0.15) is 22.5 Å². The molecule has 0 saturated carbocycles. The van der Waals surface area contributed by atoms with E-state index in [0.717, 1.165) is 56.9 Å². The molecule has 138 valence electrons. The molecule has 1 aromatic heterocycles. The highest BCUT2D eigenvalue weighted by Crippen LogP contribution is 2.19. The van der Waals surface area contributed by atoms with Gasteiger partial charge >= 0.3 is 0 Å². The zero-order valence-corrected chi connectivity index (χ0v) is 14.9. The standard InChI is InChI=1S/C18H23FN6O/c1-13-10-14(19)2-3-17(13)25-12-16(21-22-25)18(26)24-7-4-15(11-24)23-8-5-20-6-9-23/h2-3,10,12,15,20H,4-9,11H2,1H3. The molecule has 1 amide bonds. The first-order valence-corrected chi connectivity index (χ1v) is 9.05. The number of nitrogens with one attached hydrogen (secondary N) is 1. The highest BCUT2D eigenvalue weighted by atomic mass is 19.1. The fourth-order valence-electron chi connectivity index (χ4n) is 3.79. The number of amides is 1. The van der Waals surface area contributed by atoms with E-state index in [1.54, 1.807) is 19.2 Å². The molecule has 1 unspecified atom stereocenters. The number of hydrogen-bond acceptors (Lipinski definition) is 5. The third-order valence-electron chi connectivity index (χ3n) is 5.24. The maximum atomic E-state index is 13.3. The van der Waals surface area contributed by atoms with Gasteiger partial charge in [0.15, 0.2) is 5.69 Å². The van der Waals surface area contributed by atoms with Crippen LogP contribution in [0.4, 0.5) is 4.39 Å². The number of nitrogens with zero attached hydrogens (tertiary/aromatic N) is 5. The van der Waals surface area contributed by atoms with Gasteiger partial charge in [0.1, 0.15) is 5.82 Å². The monoisotopic (exact) mass is 358 g/mol. The van der Waals surface area contributed by atoms with E-state index in [2.05, 4.69) is 20.5 Å². The average Bonchev–Trinajstić information content (AvgIpc) is 3.32. The molecular weight excluding hydrogens is 335 g/mol. The average molecular weight is 358 g/mol. The lowest BCUT2D eigenvalue weighted by atomic mass is 10.2. The van der Waals surface area contributed by atoms with E-state index in [1.807, 2.05) is 4.90 Å². The summed E-state index contributed by atoms with van der Waals surface area (Å²) in [6.45, 7) is 7.38. The first kappa shape index (κ1) is 17.1. The number of likely N-dealkylation sites (tertiary alicyclic amines) is 1. The topological polar surface area (TPSA) is 66.3 Å². The number of halogens is 1. The molecule has 2 aliphatic rings. The van der Waals surface area contributed by atoms with Gasteiger partial charge in [-0.2, -0.15) is 0 Å². The minimum Gasteiger partial charge on any atom is -0.336 e. The van der Waals surface area contributed by atoms with Crippen molar-refractivity contribution in [1.29, 1.82) is 0 Å². The summed E-state index contributed by atoms with van der Waals surface area (Å²) < 4.78 is 14.8. The summed E-state index contributed by atoms with van der Waals surface area (Å²) in [5.74, 6) is -0.382. The Labute approximate surface area is 151 Å². The van der Waals surface area contributed by atoms with Gasteiger partial charge in [0.25, 0.3) is 5.91 Å². The Hall–Kier alpha value is -2.32. The van der Waals surface area contributed by atoms with Crippen molar-refractivity contribution in [3.8, 4) is 5.69 Å². The van der Waals surface area contributed by atoms with E-state index >= 15 is 0 Å². The Morgan fingerprint density at radius 3 is 2.85 bits per heavy atom. The molecule has 4 rings (SSSR count). The third kappa shape index (κ3) is 3.34. The van der Waals surface area contributed by atoms with Crippen LogP contribution in [0.3, 0.4) is 0 Å². The van der Waals surface area contributed by atoms with Gasteiger partial charge in [-0.15, -0.1) is 5.10 Å². The first-order chi connectivity index (χ1) is 12.6. The SMILES string of the molecule is Cc1cc(F)ccc1-n1cc(C(=O)N2CCC(N3CCNCC3)C2)nn1. The molecular formula is C18H23FN6O. The van der Waals surface area contributed by atoms with Crippen LogP contribution >= 0.6 is 0 Å². The molecule has 8 heteroatoms. The predicted octanol–water partition coefficient (Wildman–Crippen LogP) is 0.835. The Morgan fingerprint density at radius 2 is 2.08 bits per heavy atom. The van der Waals surface area contributed by atoms with Crippen molar-refractivity contribution in [1.82, 2.24) is 30.1 Å². The molecule has 0 bridgehead atoms. The lowest BCUT2D eigenvalue weighted by Crippen LogP contribution is -2.49. The van der Waals surface area contributed by atoms with Gasteiger partial charge in [0, 0.05) is 45.3 Å². The molecule has 3 heterocycles. The highest BCUT2D eigenvalue weighted by molar-refractivity contribution is 5.92. The van der Waals surface area contributed by atoms with Gasteiger partial charge < -0.3 is 10.2 Å². The summed E-state index contributed by atoms with van der Waals surface area (Å²) in [6, 6.07) is 4.89. The highest BCUT2D eigenvalue weighted by Gasteiger charge is 2.32. The van der Waals surface area contributed by atoms with Crippen molar-refractivity contribution in [2.75, 3.05) is 39.3 Å². The quantitative estimate of drug-likeness (QED) is 0.881. The second-order valence-corrected chi connectivity index (χ2v) is 6.96. The second kappa shape index (κ2) is 7.13. The van der Waals surface area contributed by atoms with Crippen LogP contribution in [-0.2, 0) is 0 Å². The molecule has 1 atom stereocenters. The minimum absolute atomic E-state index is 0.0892. The number of carbonyl (C=O) groups is 1. The number of hydrogen-bond donors (Lipinski definition) is 1. The van der Waals surface area contributed by atoms with Crippen molar-refractivity contribution in [2.45, 2.75) is 19.4 Å². The Balaban J connectivity index is 1.45. The number of piperazine rings is 1. The van der Waals surface area contributed by atoms with E-state index in [1.165, 1.54) is 16.8 Å². The third-order valence-corrected chi connectivity index (χ3v) is 5.24. The fraction of sp³-hybridized carbons (Fsp3) is 0.500. The maximum absolute atomic E-state index is 13.3. The number of benzene rings is 1. The summed E-state index contributed by atoms with van der Waals surface area (Å²) in [5, 5.41) is 11.5. The van der Waals surface area contributed by atoms with Crippen LogP contribution in [0.15, 0.2) is 24.4 Å². The maximum Gasteiger partial charge on any atom is 0.276 e. The number of aromatic nitrogens is 3. The summed E-state index contributed by atoms with van der Waals surface area (Å²) >= 11 is 0. The van der Waals surface area contributed by atoms with Crippen molar-refractivity contribution >= 4 is 5.91 Å². The normalized spacial score (nSPS) is 21.3. The first-order valence-electron chi connectivity index (χ1n) is 9.05. The molecule has 1 N–H and O–H groups in total. The van der Waals surface area contributed by atoms with Crippen LogP contribution in [0.2, 0.25) is 0 Å². The summed E-state index contributed by atoms with van der Waals surface area (Å²) in [6.07, 6.45) is 2.62. The molecule has 2 aromatic rings. The van der Waals surface area contributed by atoms with E-state index in [4.69, 9.17) is 0 Å². The van der Waals surface area contributed by atoms with Crippen LogP contribution in [0, 0.1) is 12.7 Å². The van der Waals surface area contributed by atoms with Crippen LogP contribution in [0.25, 0.3) is 5.69 Å². The molecule has 0 spiro atoms. The van der Waals surface area contributed by atoms with Gasteiger partial charge in [-0.25, -0.2) is 9.07 Å². The lowest BCUT2D eigenvalue weighted by molar-refractivity contribution is 0.0767. The molecule has 0 aliphatic carbocycles. The number of aryl methyl sites for hydroxylation is 1. The van der Waals surface area contributed by atoms with Gasteiger partial charge in [-0.3, -0.25) is 9.69 Å². The van der Waals surface area contributed by atoms with E-state index in [0.29, 0.717) is 11.7 Å². The molecule has 0 radical (unpaired) electrons. The van der Waals surface area contributed by atoms with Crippen molar-refractivity contribution in [3.63, 3.8) is 0 Å². The number of rotatable bonds is 3. The van der Waals surface area contributed by atoms with Crippen molar-refractivity contribution in [2.24, 2.45) is 0 Å². The van der Waals surface area contributed by atoms with Crippen molar-refractivity contribution in [3.05, 3.63) is 41.5 Å². The molecule has 2 aliphatic heterocycles. The van der Waals surface area contributed by atoms with Gasteiger partial charge in [-0.1, -0.05) is 5.21 Å². The second-order valence-electron chi connectivity index (χ2n) is 6.96. The van der Waals surface area contributed by atoms with Crippen LogP contribution in [0.5, 0.6) is 0 Å². The predicted molar refractivity (Wildman–Crippen MR) is 94.8 cm³/mol. The Bertz CT molecular complexity index is 801. The minimum atomic E-state index is -0.293. The molecule has 7 nitrogen and oxygen atoms in total. The van der Waals surface area contributed by atoms with Gasteiger partial charge in [-0.05, 0) is 37.1 Å². The van der Waals surface area contributed by atoms with Crippen molar-refractivity contribution < 1.29 is 9.18 Å². The van der Waals surface area contributed by atoms with E-state index in [9.17, 15) is 9.18 Å². The Morgan fingerprint density at radius 1 is 1.27 bits per heavy atom. The van der Waals surface area contributed by atoms with Gasteiger partial charge in [0.2, 0.25) is 0 Å². The fourth-order valence-corrected chi connectivity index (χ4v) is 3.79. The van der Waals surface area contributed by atoms with Gasteiger partial charge in [0.05, 0.1) is 11.9 Å². The van der Waals surface area contributed by atoms with E-state index < -0.39 is 0 Å². The summed E-state index contributed by atoms with van der Waals surface area (Å²) in [5.41, 5.74) is 1.79. The van der Waals surface area contributed by atoms with Crippen LogP contribution in [-0.4, -0.2) is 76.0 Å². The number of carbonyl (C=O) groups excluding carboxylic acids is 1.